The molecule has 0 saturated carbocycles. The molecular weight excluding hydrogens is 279 g/mol. The Morgan fingerprint density at radius 1 is 0.941 bits per heavy atom. The second-order valence-corrected chi connectivity index (χ2v) is 7.60. The van der Waals surface area contributed by atoms with Crippen molar-refractivity contribution in [3.8, 4) is 0 Å². The van der Waals surface area contributed by atoms with Crippen LogP contribution in [0, 0.1) is 11.2 Å². The van der Waals surface area contributed by atoms with Gasteiger partial charge in [0.2, 0.25) is 0 Å². The summed E-state index contributed by atoms with van der Waals surface area (Å²) in [6.07, 6.45) is 0. The molecule has 94 valence electrons. The first kappa shape index (κ1) is 13.1. The molecule has 17 heavy (non-hydrogen) atoms. The van der Waals surface area contributed by atoms with E-state index in [9.17, 15) is 4.39 Å². The van der Waals surface area contributed by atoms with E-state index in [-0.39, 0.29) is 22.1 Å². The zero-order chi connectivity index (χ0) is 13.2. The lowest BCUT2D eigenvalue weighted by Gasteiger charge is -2.44. The number of fused-ring (bicyclic) bond motifs is 1. The fourth-order valence-electron chi connectivity index (χ4n) is 3.13. The van der Waals surface area contributed by atoms with Crippen molar-refractivity contribution in [3.05, 3.63) is 33.5 Å². The minimum Gasteiger partial charge on any atom is -0.207 e. The van der Waals surface area contributed by atoms with Crippen LogP contribution in [0.4, 0.5) is 4.39 Å². The third-order valence-electron chi connectivity index (χ3n) is 5.48. The van der Waals surface area contributed by atoms with Crippen molar-refractivity contribution in [2.24, 2.45) is 5.41 Å². The molecule has 0 unspecified atom stereocenters. The van der Waals surface area contributed by atoms with E-state index in [2.05, 4.69) is 63.5 Å². The molecule has 0 bridgehead atoms. The first-order valence-corrected chi connectivity index (χ1v) is 6.83. The highest BCUT2D eigenvalue weighted by Crippen LogP contribution is 2.62. The molecule has 0 aliphatic heterocycles. The van der Waals surface area contributed by atoms with Gasteiger partial charge in [-0.25, -0.2) is 4.39 Å². The Bertz CT molecular complexity index is 484. The molecule has 0 amide bonds. The van der Waals surface area contributed by atoms with E-state index in [1.54, 1.807) is 6.07 Å². The average Bonchev–Trinajstić information content (AvgIpc) is 2.23. The maximum absolute atomic E-state index is 14.3. The third-order valence-corrected chi connectivity index (χ3v) is 5.94. The van der Waals surface area contributed by atoms with Crippen molar-refractivity contribution in [1.82, 2.24) is 0 Å². The smallest absolute Gasteiger partial charge is 0.128 e. The second-order valence-electron chi connectivity index (χ2n) is 6.69. The lowest BCUT2D eigenvalue weighted by molar-refractivity contribution is 0.123. The normalized spacial score (nSPS) is 23.5. The summed E-state index contributed by atoms with van der Waals surface area (Å²) in [4.78, 5) is 0. The number of benzene rings is 1. The first-order valence-electron chi connectivity index (χ1n) is 6.03. The fraction of sp³-hybridized carbons (Fsp3) is 0.600. The molecule has 0 spiro atoms. The summed E-state index contributed by atoms with van der Waals surface area (Å²) < 4.78 is 15.1. The Kier molecular flexibility index (Phi) is 2.57. The molecule has 0 N–H and O–H groups in total. The van der Waals surface area contributed by atoms with Crippen molar-refractivity contribution >= 4 is 15.9 Å². The van der Waals surface area contributed by atoms with Crippen molar-refractivity contribution < 1.29 is 4.39 Å². The topological polar surface area (TPSA) is 0 Å². The summed E-state index contributed by atoms with van der Waals surface area (Å²) in [7, 11) is 0. The standard InChI is InChI=1S/C15H20BrF/c1-13(2)10-7-9(16)8-11(17)12(10)14(3,4)15(13,5)6/h7-8H,1-6H3. The summed E-state index contributed by atoms with van der Waals surface area (Å²) in [5.74, 6) is -0.0852. The highest BCUT2D eigenvalue weighted by atomic mass is 79.9. The molecule has 1 aliphatic rings. The van der Waals surface area contributed by atoms with Crippen LogP contribution >= 0.6 is 15.9 Å². The Balaban J connectivity index is 2.87. The van der Waals surface area contributed by atoms with Crippen LogP contribution in [0.3, 0.4) is 0 Å². The van der Waals surface area contributed by atoms with Gasteiger partial charge in [0.25, 0.3) is 0 Å². The quantitative estimate of drug-likeness (QED) is 0.619. The Hall–Kier alpha value is -0.370. The molecule has 0 nitrogen and oxygen atoms in total. The fourth-order valence-corrected chi connectivity index (χ4v) is 3.56. The second kappa shape index (κ2) is 3.34. The Morgan fingerprint density at radius 3 is 2.00 bits per heavy atom. The predicted molar refractivity (Wildman–Crippen MR) is 73.9 cm³/mol. The highest BCUT2D eigenvalue weighted by Gasteiger charge is 2.57. The van der Waals surface area contributed by atoms with Gasteiger partial charge < -0.3 is 0 Å². The minimum atomic E-state index is -0.156. The molecule has 0 fully saturated rings. The highest BCUT2D eigenvalue weighted by molar-refractivity contribution is 9.10. The average molecular weight is 299 g/mol. The van der Waals surface area contributed by atoms with Crippen LogP contribution in [0.2, 0.25) is 0 Å². The number of hydrogen-bond acceptors (Lipinski definition) is 0. The largest absolute Gasteiger partial charge is 0.207 e. The van der Waals surface area contributed by atoms with Gasteiger partial charge in [-0.2, -0.15) is 0 Å². The molecule has 1 aromatic rings. The van der Waals surface area contributed by atoms with E-state index in [0.29, 0.717) is 0 Å². The van der Waals surface area contributed by atoms with Crippen molar-refractivity contribution in [2.75, 3.05) is 0 Å². The Morgan fingerprint density at radius 2 is 1.47 bits per heavy atom. The summed E-state index contributed by atoms with van der Waals surface area (Å²) in [5, 5.41) is 0. The molecule has 0 atom stereocenters. The molecule has 1 aliphatic carbocycles. The van der Waals surface area contributed by atoms with Crippen LogP contribution in [0.5, 0.6) is 0 Å². The molecule has 2 heteroatoms. The number of rotatable bonds is 0. The van der Waals surface area contributed by atoms with Crippen molar-refractivity contribution in [2.45, 2.75) is 52.4 Å². The summed E-state index contributed by atoms with van der Waals surface area (Å²) in [6, 6.07) is 3.66. The predicted octanol–water partition coefficient (Wildman–Crippen LogP) is 5.18. The van der Waals surface area contributed by atoms with Gasteiger partial charge >= 0.3 is 0 Å². The van der Waals surface area contributed by atoms with E-state index in [4.69, 9.17) is 0 Å². The van der Waals surface area contributed by atoms with Gasteiger partial charge in [-0.3, -0.25) is 0 Å². The summed E-state index contributed by atoms with van der Waals surface area (Å²) >= 11 is 3.40. The molecule has 2 rings (SSSR count). The van der Waals surface area contributed by atoms with Gasteiger partial charge in [0, 0.05) is 4.47 Å². The molecular formula is C15H20BrF. The zero-order valence-corrected chi connectivity index (χ0v) is 13.0. The number of hydrogen-bond donors (Lipinski definition) is 0. The van der Waals surface area contributed by atoms with Crippen LogP contribution < -0.4 is 0 Å². The SMILES string of the molecule is CC1(C)c2cc(Br)cc(F)c2C(C)(C)C1(C)C. The zero-order valence-electron chi connectivity index (χ0n) is 11.4. The first-order chi connectivity index (χ1) is 7.53. The lowest BCUT2D eigenvalue weighted by atomic mass is 9.59. The minimum absolute atomic E-state index is 0.0178. The van der Waals surface area contributed by atoms with Crippen LogP contribution in [0.15, 0.2) is 16.6 Å². The van der Waals surface area contributed by atoms with E-state index in [0.717, 1.165) is 15.6 Å². The maximum atomic E-state index is 14.3. The lowest BCUT2D eigenvalue weighted by Crippen LogP contribution is -2.42. The van der Waals surface area contributed by atoms with Crippen LogP contribution in [-0.2, 0) is 10.8 Å². The molecule has 0 radical (unpaired) electrons. The van der Waals surface area contributed by atoms with E-state index in [1.165, 1.54) is 0 Å². The van der Waals surface area contributed by atoms with Gasteiger partial charge in [0.15, 0.2) is 0 Å². The van der Waals surface area contributed by atoms with E-state index in [1.807, 2.05) is 0 Å². The van der Waals surface area contributed by atoms with Gasteiger partial charge in [-0.15, -0.1) is 0 Å². The van der Waals surface area contributed by atoms with Crippen molar-refractivity contribution in [3.63, 3.8) is 0 Å². The van der Waals surface area contributed by atoms with Crippen LogP contribution in [-0.4, -0.2) is 0 Å². The van der Waals surface area contributed by atoms with Crippen molar-refractivity contribution in [1.29, 1.82) is 0 Å². The monoisotopic (exact) mass is 298 g/mol. The van der Waals surface area contributed by atoms with E-state index < -0.39 is 0 Å². The summed E-state index contributed by atoms with van der Waals surface area (Å²) in [6.45, 7) is 13.2. The summed E-state index contributed by atoms with van der Waals surface area (Å²) in [5.41, 5.74) is 1.85. The van der Waals surface area contributed by atoms with Gasteiger partial charge in [-0.1, -0.05) is 57.5 Å². The molecule has 1 aromatic carbocycles. The van der Waals surface area contributed by atoms with E-state index >= 15 is 0 Å². The van der Waals surface area contributed by atoms with Gasteiger partial charge in [0.05, 0.1) is 0 Å². The van der Waals surface area contributed by atoms with Gasteiger partial charge in [-0.05, 0) is 39.5 Å². The maximum Gasteiger partial charge on any atom is 0.128 e. The van der Waals surface area contributed by atoms with Crippen LogP contribution in [0.25, 0.3) is 0 Å². The molecule has 0 aromatic heterocycles. The molecule has 0 saturated heterocycles. The molecule has 0 heterocycles. The third kappa shape index (κ3) is 1.39. The Labute approximate surface area is 112 Å². The number of halogens is 2. The van der Waals surface area contributed by atoms with Crippen LogP contribution in [0.1, 0.15) is 52.7 Å². The van der Waals surface area contributed by atoms with Gasteiger partial charge in [0.1, 0.15) is 5.82 Å².